The molecule has 28 heavy (non-hydrogen) atoms. The molecule has 3 aromatic rings. The molecule has 3 rings (SSSR count). The number of fused-ring (bicyclic) bond motifs is 1. The van der Waals surface area contributed by atoms with Gasteiger partial charge >= 0.3 is 6.18 Å². The molecule has 0 aliphatic heterocycles. The number of unbranched alkanes of at least 4 members (excludes halogenated alkanes) is 2. The summed E-state index contributed by atoms with van der Waals surface area (Å²) < 4.78 is 54.5. The zero-order valence-corrected chi connectivity index (χ0v) is 15.2. The van der Waals surface area contributed by atoms with E-state index in [0.717, 1.165) is 31.4 Å². The minimum Gasteiger partial charge on any atom is -0.397 e. The van der Waals surface area contributed by atoms with E-state index in [1.165, 1.54) is 10.6 Å². The predicted octanol–water partition coefficient (Wildman–Crippen LogP) is 4.99. The Morgan fingerprint density at radius 1 is 1.18 bits per heavy atom. The van der Waals surface area contributed by atoms with E-state index in [1.54, 1.807) is 12.3 Å². The van der Waals surface area contributed by atoms with Crippen LogP contribution in [0.15, 0.2) is 41.5 Å². The van der Waals surface area contributed by atoms with Crippen LogP contribution < -0.4 is 11.3 Å². The summed E-state index contributed by atoms with van der Waals surface area (Å²) in [5, 5.41) is 0.667. The van der Waals surface area contributed by atoms with Crippen LogP contribution in [0.5, 0.6) is 0 Å². The first kappa shape index (κ1) is 19.9. The highest BCUT2D eigenvalue weighted by atomic mass is 19.4. The maximum absolute atomic E-state index is 14.7. The Labute approximate surface area is 158 Å². The number of hydrogen-bond acceptors (Lipinski definition) is 3. The van der Waals surface area contributed by atoms with Crippen molar-refractivity contribution in [1.29, 1.82) is 0 Å². The zero-order valence-electron chi connectivity index (χ0n) is 15.2. The predicted molar refractivity (Wildman–Crippen MR) is 100 cm³/mol. The van der Waals surface area contributed by atoms with Crippen molar-refractivity contribution < 1.29 is 17.6 Å². The molecule has 148 valence electrons. The van der Waals surface area contributed by atoms with Gasteiger partial charge < -0.3 is 10.3 Å². The minimum absolute atomic E-state index is 0.0538. The van der Waals surface area contributed by atoms with Gasteiger partial charge in [-0.3, -0.25) is 9.78 Å². The van der Waals surface area contributed by atoms with Gasteiger partial charge in [0.2, 0.25) is 0 Å². The van der Waals surface area contributed by atoms with Crippen LogP contribution in [0.1, 0.15) is 31.7 Å². The number of pyridine rings is 2. The van der Waals surface area contributed by atoms with Crippen LogP contribution in [0, 0.1) is 5.82 Å². The number of alkyl halides is 3. The molecular formula is C20H19F4N3O. The summed E-state index contributed by atoms with van der Waals surface area (Å²) >= 11 is 0. The second-order valence-corrected chi connectivity index (χ2v) is 6.60. The first-order chi connectivity index (χ1) is 13.2. The highest BCUT2D eigenvalue weighted by molar-refractivity contribution is 5.88. The van der Waals surface area contributed by atoms with Gasteiger partial charge in [0.15, 0.2) is 0 Å². The molecule has 0 saturated heterocycles. The van der Waals surface area contributed by atoms with Crippen LogP contribution in [0.25, 0.3) is 22.0 Å². The van der Waals surface area contributed by atoms with E-state index in [1.807, 2.05) is 0 Å². The highest BCUT2D eigenvalue weighted by Crippen LogP contribution is 2.34. The minimum atomic E-state index is -4.59. The summed E-state index contributed by atoms with van der Waals surface area (Å²) in [7, 11) is 0. The molecular weight excluding hydrogens is 374 g/mol. The summed E-state index contributed by atoms with van der Waals surface area (Å²) in [4.78, 5) is 16.3. The van der Waals surface area contributed by atoms with Crippen LogP contribution in [0.4, 0.5) is 23.2 Å². The van der Waals surface area contributed by atoms with Crippen molar-refractivity contribution in [3.05, 3.63) is 58.4 Å². The molecule has 0 atom stereocenters. The number of halogens is 4. The molecule has 0 aliphatic carbocycles. The van der Waals surface area contributed by atoms with Crippen LogP contribution in [0.2, 0.25) is 0 Å². The fourth-order valence-electron chi connectivity index (χ4n) is 3.06. The summed E-state index contributed by atoms with van der Waals surface area (Å²) in [5.74, 6) is -0.769. The number of nitrogens with zero attached hydrogens (tertiary/aromatic N) is 2. The average molecular weight is 393 g/mol. The number of nitrogens with two attached hydrogens (primary N) is 1. The lowest BCUT2D eigenvalue weighted by Gasteiger charge is -2.12. The third-order valence-corrected chi connectivity index (χ3v) is 4.57. The molecule has 2 aromatic heterocycles. The monoisotopic (exact) mass is 393 g/mol. The number of benzene rings is 1. The van der Waals surface area contributed by atoms with Crippen LogP contribution in [-0.4, -0.2) is 9.55 Å². The largest absolute Gasteiger partial charge is 0.417 e. The second-order valence-electron chi connectivity index (χ2n) is 6.60. The standard InChI is InChI=1S/C20H19F4N3O/c1-2-3-4-6-27-7-5-12-8-15(16(21)10-14(12)19(27)28)18-17(25)9-13(11-26-18)20(22,23)24/h5,7-11H,2-4,6,25H2,1H3. The molecule has 1 aromatic carbocycles. The lowest BCUT2D eigenvalue weighted by atomic mass is 10.0. The van der Waals surface area contributed by atoms with E-state index in [0.29, 0.717) is 18.1 Å². The van der Waals surface area contributed by atoms with E-state index in [9.17, 15) is 22.4 Å². The van der Waals surface area contributed by atoms with E-state index in [4.69, 9.17) is 5.73 Å². The van der Waals surface area contributed by atoms with Crippen LogP contribution in [0.3, 0.4) is 0 Å². The van der Waals surface area contributed by atoms with Gasteiger partial charge in [0.25, 0.3) is 5.56 Å². The van der Waals surface area contributed by atoms with Gasteiger partial charge in [0.1, 0.15) is 5.82 Å². The number of anilines is 1. The van der Waals surface area contributed by atoms with Gasteiger partial charge in [0.05, 0.1) is 22.3 Å². The topological polar surface area (TPSA) is 60.9 Å². The Hall–Kier alpha value is -2.90. The molecule has 0 saturated carbocycles. The Morgan fingerprint density at radius 2 is 1.93 bits per heavy atom. The fourth-order valence-corrected chi connectivity index (χ4v) is 3.06. The van der Waals surface area contributed by atoms with Crippen molar-refractivity contribution in [3.8, 4) is 11.3 Å². The van der Waals surface area contributed by atoms with Gasteiger partial charge in [0, 0.05) is 24.5 Å². The Morgan fingerprint density at radius 3 is 2.57 bits per heavy atom. The highest BCUT2D eigenvalue weighted by Gasteiger charge is 2.31. The van der Waals surface area contributed by atoms with Gasteiger partial charge in [-0.1, -0.05) is 19.8 Å². The molecule has 0 unspecified atom stereocenters. The molecule has 0 aliphatic rings. The Bertz CT molecular complexity index is 1070. The van der Waals surface area contributed by atoms with E-state index < -0.39 is 17.6 Å². The van der Waals surface area contributed by atoms with Crippen molar-refractivity contribution in [2.45, 2.75) is 38.9 Å². The van der Waals surface area contributed by atoms with Crippen molar-refractivity contribution >= 4 is 16.5 Å². The number of aryl methyl sites for hydroxylation is 1. The summed E-state index contributed by atoms with van der Waals surface area (Å²) in [6, 6.07) is 4.86. The molecule has 0 spiro atoms. The smallest absolute Gasteiger partial charge is 0.397 e. The van der Waals surface area contributed by atoms with Crippen LogP contribution >= 0.6 is 0 Å². The van der Waals surface area contributed by atoms with Crippen molar-refractivity contribution in [3.63, 3.8) is 0 Å². The molecule has 0 fully saturated rings. The first-order valence-electron chi connectivity index (χ1n) is 8.88. The summed E-state index contributed by atoms with van der Waals surface area (Å²) in [5.41, 5.74) is 3.93. The normalized spacial score (nSPS) is 11.9. The number of nitrogen functional groups attached to an aromatic ring is 1. The fraction of sp³-hybridized carbons (Fsp3) is 0.300. The number of hydrogen-bond donors (Lipinski definition) is 1. The lowest BCUT2D eigenvalue weighted by Crippen LogP contribution is -2.19. The van der Waals surface area contributed by atoms with Crippen LogP contribution in [-0.2, 0) is 12.7 Å². The molecule has 0 bridgehead atoms. The van der Waals surface area contributed by atoms with E-state index in [-0.39, 0.29) is 27.9 Å². The molecule has 0 radical (unpaired) electrons. The van der Waals surface area contributed by atoms with Gasteiger partial charge in [-0.05, 0) is 36.1 Å². The second kappa shape index (κ2) is 7.61. The summed E-state index contributed by atoms with van der Waals surface area (Å²) in [6.07, 6.45) is 0.490. The third kappa shape index (κ3) is 3.85. The average Bonchev–Trinajstić information content (AvgIpc) is 2.63. The Balaban J connectivity index is 2.06. The van der Waals surface area contributed by atoms with Gasteiger partial charge in [-0.2, -0.15) is 13.2 Å². The lowest BCUT2D eigenvalue weighted by molar-refractivity contribution is -0.137. The van der Waals surface area contributed by atoms with E-state index >= 15 is 0 Å². The maximum atomic E-state index is 14.7. The molecule has 0 amide bonds. The molecule has 2 N–H and O–H groups in total. The van der Waals surface area contributed by atoms with Crippen molar-refractivity contribution in [2.75, 3.05) is 5.73 Å². The third-order valence-electron chi connectivity index (χ3n) is 4.57. The molecule has 2 heterocycles. The van der Waals surface area contributed by atoms with Crippen molar-refractivity contribution in [2.24, 2.45) is 0 Å². The quantitative estimate of drug-likeness (QED) is 0.491. The molecule has 4 nitrogen and oxygen atoms in total. The number of rotatable bonds is 5. The SMILES string of the molecule is CCCCCn1ccc2cc(-c3ncc(C(F)(F)F)cc3N)c(F)cc2c1=O. The van der Waals surface area contributed by atoms with E-state index in [2.05, 4.69) is 11.9 Å². The maximum Gasteiger partial charge on any atom is 0.417 e. The van der Waals surface area contributed by atoms with Gasteiger partial charge in [-0.15, -0.1) is 0 Å². The molecule has 8 heteroatoms. The van der Waals surface area contributed by atoms with Gasteiger partial charge in [-0.25, -0.2) is 4.39 Å². The Kier molecular flexibility index (Phi) is 5.40. The summed E-state index contributed by atoms with van der Waals surface area (Å²) in [6.45, 7) is 2.60. The first-order valence-corrected chi connectivity index (χ1v) is 8.88. The zero-order chi connectivity index (χ0) is 20.5. The number of aromatic nitrogens is 2. The van der Waals surface area contributed by atoms with Crippen molar-refractivity contribution in [1.82, 2.24) is 9.55 Å².